The van der Waals surface area contributed by atoms with Crippen molar-refractivity contribution in [2.24, 2.45) is 11.8 Å². The van der Waals surface area contributed by atoms with Crippen LogP contribution in [0.4, 0.5) is 0 Å². The molecule has 1 aliphatic carbocycles. The maximum atomic E-state index is 12.3. The van der Waals surface area contributed by atoms with Gasteiger partial charge in [0.05, 0.1) is 7.11 Å². The lowest BCUT2D eigenvalue weighted by atomic mass is 9.77. The van der Waals surface area contributed by atoms with Crippen molar-refractivity contribution in [2.75, 3.05) is 7.11 Å². The van der Waals surface area contributed by atoms with E-state index in [1.165, 1.54) is 23.8 Å². The van der Waals surface area contributed by atoms with E-state index in [1.54, 1.807) is 6.92 Å². The normalized spacial score (nSPS) is 24.3. The molecule has 0 bridgehead atoms. The summed E-state index contributed by atoms with van der Waals surface area (Å²) in [5.74, 6) is -1.40. The highest BCUT2D eigenvalue weighted by molar-refractivity contribution is 5.96. The van der Waals surface area contributed by atoms with Gasteiger partial charge in [-0.15, -0.1) is 0 Å². The number of aliphatic hydroxyl groups excluding tert-OH is 2. The van der Waals surface area contributed by atoms with Crippen molar-refractivity contribution in [3.8, 4) is 0 Å². The zero-order valence-electron chi connectivity index (χ0n) is 17.7. The van der Waals surface area contributed by atoms with Gasteiger partial charge in [0.15, 0.2) is 5.76 Å². The molecule has 4 nitrogen and oxygen atoms in total. The SMILES string of the molecule is COC1=C(O)C(O)C(C/C=C(\C)CC/C=C(\C)CCC=C(C)C)C(C)C1=O. The second-order valence-corrected chi connectivity index (χ2v) is 7.88. The maximum absolute atomic E-state index is 12.3. The molecule has 3 atom stereocenters. The van der Waals surface area contributed by atoms with E-state index in [2.05, 4.69) is 45.9 Å². The van der Waals surface area contributed by atoms with Gasteiger partial charge in [-0.1, -0.05) is 41.9 Å². The summed E-state index contributed by atoms with van der Waals surface area (Å²) < 4.78 is 4.94. The molecule has 1 aliphatic rings. The summed E-state index contributed by atoms with van der Waals surface area (Å²) in [7, 11) is 1.34. The van der Waals surface area contributed by atoms with Gasteiger partial charge in [0.1, 0.15) is 6.10 Å². The fourth-order valence-corrected chi connectivity index (χ4v) is 3.35. The Morgan fingerprint density at radius 1 is 1.04 bits per heavy atom. The van der Waals surface area contributed by atoms with Gasteiger partial charge in [-0.3, -0.25) is 4.79 Å². The van der Waals surface area contributed by atoms with Crippen LogP contribution in [-0.2, 0) is 9.53 Å². The number of allylic oxidation sites excluding steroid dienone is 7. The second-order valence-electron chi connectivity index (χ2n) is 7.88. The molecule has 0 amide bonds. The van der Waals surface area contributed by atoms with Gasteiger partial charge in [0.2, 0.25) is 11.5 Å². The molecule has 0 aromatic heterocycles. The van der Waals surface area contributed by atoms with Crippen LogP contribution < -0.4 is 0 Å². The molecular formula is C23H36O4. The van der Waals surface area contributed by atoms with Crippen molar-refractivity contribution >= 4 is 5.78 Å². The first-order valence-corrected chi connectivity index (χ1v) is 9.83. The molecule has 0 radical (unpaired) electrons. The van der Waals surface area contributed by atoms with Crippen molar-refractivity contribution < 1.29 is 19.7 Å². The number of hydrogen-bond acceptors (Lipinski definition) is 4. The Kier molecular flexibility index (Phi) is 9.57. The highest BCUT2D eigenvalue weighted by Crippen LogP contribution is 2.34. The summed E-state index contributed by atoms with van der Waals surface area (Å²) in [6, 6.07) is 0. The zero-order valence-corrected chi connectivity index (χ0v) is 17.7. The Morgan fingerprint density at radius 2 is 1.59 bits per heavy atom. The largest absolute Gasteiger partial charge is 0.506 e. The molecule has 0 saturated heterocycles. The van der Waals surface area contributed by atoms with E-state index >= 15 is 0 Å². The standard InChI is InChI=1S/C23H36O4/c1-15(2)9-7-10-16(3)11-8-12-17(4)13-14-19-18(5)20(24)23(27-6)22(26)21(19)25/h9,11,13,18-19,21,25-26H,7-8,10,12,14H2,1-6H3/b16-11+,17-13+. The van der Waals surface area contributed by atoms with Gasteiger partial charge in [-0.2, -0.15) is 0 Å². The Morgan fingerprint density at radius 3 is 2.15 bits per heavy atom. The topological polar surface area (TPSA) is 66.8 Å². The second kappa shape index (κ2) is 11.1. The van der Waals surface area contributed by atoms with Crippen molar-refractivity contribution in [3.63, 3.8) is 0 Å². The van der Waals surface area contributed by atoms with Gasteiger partial charge in [-0.25, -0.2) is 0 Å². The van der Waals surface area contributed by atoms with Crippen LogP contribution in [0.25, 0.3) is 0 Å². The van der Waals surface area contributed by atoms with Gasteiger partial charge in [0, 0.05) is 11.8 Å². The number of carbonyl (C=O) groups is 1. The highest BCUT2D eigenvalue weighted by atomic mass is 16.5. The molecular weight excluding hydrogens is 340 g/mol. The first-order chi connectivity index (χ1) is 12.7. The van der Waals surface area contributed by atoms with Crippen molar-refractivity contribution in [2.45, 2.75) is 72.8 Å². The van der Waals surface area contributed by atoms with Crippen LogP contribution in [0, 0.1) is 11.8 Å². The van der Waals surface area contributed by atoms with Crippen LogP contribution in [0.1, 0.15) is 66.7 Å². The van der Waals surface area contributed by atoms with Crippen LogP contribution in [0.2, 0.25) is 0 Å². The molecule has 2 N–H and O–H groups in total. The number of methoxy groups -OCH3 is 1. The van der Waals surface area contributed by atoms with Gasteiger partial charge < -0.3 is 14.9 Å². The lowest BCUT2D eigenvalue weighted by Crippen LogP contribution is -2.39. The Balaban J connectivity index is 2.58. The smallest absolute Gasteiger partial charge is 0.204 e. The van der Waals surface area contributed by atoms with Crippen LogP contribution >= 0.6 is 0 Å². The first kappa shape index (κ1) is 23.2. The minimum atomic E-state index is -1.06. The summed E-state index contributed by atoms with van der Waals surface area (Å²) in [5, 5.41) is 20.3. The van der Waals surface area contributed by atoms with E-state index in [4.69, 9.17) is 4.74 Å². The third-order valence-corrected chi connectivity index (χ3v) is 5.26. The van der Waals surface area contributed by atoms with Gasteiger partial charge in [-0.05, 0) is 59.8 Å². The van der Waals surface area contributed by atoms with E-state index in [1.807, 2.05) is 0 Å². The van der Waals surface area contributed by atoms with E-state index < -0.39 is 6.10 Å². The summed E-state index contributed by atoms with van der Waals surface area (Å²) in [6.07, 6.45) is 10.3. The van der Waals surface area contributed by atoms with Crippen LogP contribution in [0.5, 0.6) is 0 Å². The van der Waals surface area contributed by atoms with E-state index in [-0.39, 0.29) is 29.1 Å². The monoisotopic (exact) mass is 376 g/mol. The quantitative estimate of drug-likeness (QED) is 0.528. The molecule has 0 aromatic carbocycles. The third-order valence-electron chi connectivity index (χ3n) is 5.26. The van der Waals surface area contributed by atoms with E-state index in [0.29, 0.717) is 6.42 Å². The lowest BCUT2D eigenvalue weighted by Gasteiger charge is -2.32. The average molecular weight is 377 g/mol. The fourth-order valence-electron chi connectivity index (χ4n) is 3.35. The molecule has 0 aromatic rings. The number of carbonyl (C=O) groups excluding carboxylic acids is 1. The summed E-state index contributed by atoms with van der Waals surface area (Å²) >= 11 is 0. The zero-order chi connectivity index (χ0) is 20.6. The number of aliphatic hydroxyl groups is 2. The Labute approximate surface area is 164 Å². The van der Waals surface area contributed by atoms with Gasteiger partial charge in [0.25, 0.3) is 0 Å². The van der Waals surface area contributed by atoms with Crippen LogP contribution in [0.3, 0.4) is 0 Å². The molecule has 27 heavy (non-hydrogen) atoms. The third kappa shape index (κ3) is 7.02. The number of rotatable bonds is 9. The minimum absolute atomic E-state index is 0.110. The van der Waals surface area contributed by atoms with Gasteiger partial charge >= 0.3 is 0 Å². The van der Waals surface area contributed by atoms with Crippen molar-refractivity contribution in [1.29, 1.82) is 0 Å². The first-order valence-electron chi connectivity index (χ1n) is 9.83. The maximum Gasteiger partial charge on any atom is 0.204 e. The molecule has 0 spiro atoms. The number of ketones is 1. The van der Waals surface area contributed by atoms with Crippen LogP contribution in [-0.4, -0.2) is 29.2 Å². The predicted octanol–water partition coefficient (Wildman–Crippen LogP) is 5.41. The molecule has 0 aliphatic heterocycles. The number of Topliss-reactive ketones (excluding diaryl/α,β-unsaturated/α-hetero) is 1. The summed E-state index contributed by atoms with van der Waals surface area (Å²) in [5.41, 5.74) is 4.00. The predicted molar refractivity (Wildman–Crippen MR) is 110 cm³/mol. The molecule has 0 heterocycles. The fraction of sp³-hybridized carbons (Fsp3) is 0.609. The minimum Gasteiger partial charge on any atom is -0.506 e. The molecule has 0 saturated carbocycles. The lowest BCUT2D eigenvalue weighted by molar-refractivity contribution is -0.127. The number of hydrogen-bond donors (Lipinski definition) is 2. The van der Waals surface area contributed by atoms with E-state index in [9.17, 15) is 15.0 Å². The van der Waals surface area contributed by atoms with Crippen LogP contribution in [0.15, 0.2) is 46.5 Å². The average Bonchev–Trinajstić information content (AvgIpc) is 2.60. The highest BCUT2D eigenvalue weighted by Gasteiger charge is 2.41. The number of ether oxygens (including phenoxy) is 1. The molecule has 0 fully saturated rings. The van der Waals surface area contributed by atoms with E-state index in [0.717, 1.165) is 25.7 Å². The molecule has 4 heteroatoms. The summed E-state index contributed by atoms with van der Waals surface area (Å²) in [4.78, 5) is 12.3. The molecule has 1 rings (SSSR count). The Hall–Kier alpha value is -1.81. The summed E-state index contributed by atoms with van der Waals surface area (Å²) in [6.45, 7) is 10.3. The molecule has 3 unspecified atom stereocenters. The molecule has 152 valence electrons. The van der Waals surface area contributed by atoms with Crippen molar-refractivity contribution in [3.05, 3.63) is 46.5 Å². The van der Waals surface area contributed by atoms with Crippen molar-refractivity contribution in [1.82, 2.24) is 0 Å². The Bertz CT molecular complexity index is 633.